The Hall–Kier alpha value is -2.26. The van der Waals surface area contributed by atoms with Crippen molar-refractivity contribution >= 4 is 29.2 Å². The Morgan fingerprint density at radius 2 is 1.83 bits per heavy atom. The van der Waals surface area contributed by atoms with E-state index in [0.717, 1.165) is 4.90 Å². The van der Waals surface area contributed by atoms with Crippen molar-refractivity contribution < 1.29 is 19.8 Å². The van der Waals surface area contributed by atoms with Crippen LogP contribution in [0.1, 0.15) is 5.56 Å². The number of nitriles is 1. The van der Waals surface area contributed by atoms with Gasteiger partial charge in [0.1, 0.15) is 13.1 Å². The minimum absolute atomic E-state index is 0.191. The predicted octanol–water partition coefficient (Wildman–Crippen LogP) is 1.19. The molecular weight excluding hydrogens is 260 g/mol. The molecule has 0 saturated carbocycles. The van der Waals surface area contributed by atoms with Gasteiger partial charge in [0.15, 0.2) is 0 Å². The van der Waals surface area contributed by atoms with Gasteiger partial charge in [0.25, 0.3) is 0 Å². The predicted molar refractivity (Wildman–Crippen MR) is 63.7 cm³/mol. The SMILES string of the molecule is N#Cc1ccc(Cl)c(N(CC(=O)O)CC(=O)O)c1. The summed E-state index contributed by atoms with van der Waals surface area (Å²) < 4.78 is 0. The van der Waals surface area contributed by atoms with Crippen LogP contribution in [0, 0.1) is 11.3 Å². The maximum Gasteiger partial charge on any atom is 0.323 e. The standard InChI is InChI=1S/C11H9ClN2O4/c12-8-2-1-7(4-13)3-9(8)14(5-10(15)16)6-11(17)18/h1-3H,5-6H2,(H,15,16)(H,17,18). The normalized spacial score (nSPS) is 9.56. The Balaban J connectivity index is 3.14. The lowest BCUT2D eigenvalue weighted by Crippen LogP contribution is -2.34. The van der Waals surface area contributed by atoms with Crippen LogP contribution in [0.3, 0.4) is 0 Å². The average Bonchev–Trinajstić information content (AvgIpc) is 2.27. The van der Waals surface area contributed by atoms with Crippen LogP contribution < -0.4 is 4.90 Å². The quantitative estimate of drug-likeness (QED) is 0.832. The van der Waals surface area contributed by atoms with E-state index in [4.69, 9.17) is 27.1 Å². The summed E-state index contributed by atoms with van der Waals surface area (Å²) in [5, 5.41) is 26.4. The summed E-state index contributed by atoms with van der Waals surface area (Å²) in [5.74, 6) is -2.37. The van der Waals surface area contributed by atoms with Crippen LogP contribution in [0.4, 0.5) is 5.69 Å². The van der Waals surface area contributed by atoms with E-state index in [2.05, 4.69) is 0 Å². The van der Waals surface area contributed by atoms with Crippen LogP contribution in [0.2, 0.25) is 5.02 Å². The maximum absolute atomic E-state index is 10.7. The van der Waals surface area contributed by atoms with E-state index in [9.17, 15) is 9.59 Å². The smallest absolute Gasteiger partial charge is 0.323 e. The molecule has 0 unspecified atom stereocenters. The van der Waals surface area contributed by atoms with Crippen LogP contribution in [0.5, 0.6) is 0 Å². The molecule has 6 nitrogen and oxygen atoms in total. The molecule has 0 radical (unpaired) electrons. The number of rotatable bonds is 5. The van der Waals surface area contributed by atoms with Crippen molar-refractivity contribution in [2.45, 2.75) is 0 Å². The van der Waals surface area contributed by atoms with Gasteiger partial charge in [-0.25, -0.2) is 0 Å². The topological polar surface area (TPSA) is 102 Å². The molecule has 0 spiro atoms. The second-order valence-corrected chi connectivity index (χ2v) is 3.83. The molecule has 0 fully saturated rings. The Kier molecular flexibility index (Phi) is 4.52. The molecule has 1 rings (SSSR count). The van der Waals surface area contributed by atoms with Gasteiger partial charge in [-0.15, -0.1) is 0 Å². The maximum atomic E-state index is 10.7. The minimum atomic E-state index is -1.19. The third kappa shape index (κ3) is 3.64. The molecule has 0 aliphatic heterocycles. The largest absolute Gasteiger partial charge is 0.480 e. The summed E-state index contributed by atoms with van der Waals surface area (Å²) in [6, 6.07) is 6.12. The van der Waals surface area contributed by atoms with Crippen LogP contribution in [-0.2, 0) is 9.59 Å². The molecule has 1 aromatic carbocycles. The molecule has 0 aliphatic rings. The summed E-state index contributed by atoms with van der Waals surface area (Å²) >= 11 is 5.88. The first kappa shape index (κ1) is 13.8. The summed E-state index contributed by atoms with van der Waals surface area (Å²) in [5.41, 5.74) is 0.482. The Morgan fingerprint density at radius 3 is 2.28 bits per heavy atom. The molecule has 7 heteroatoms. The van der Waals surface area contributed by atoms with Gasteiger partial charge in [-0.3, -0.25) is 9.59 Å². The highest BCUT2D eigenvalue weighted by Crippen LogP contribution is 2.26. The first-order valence-corrected chi connectivity index (χ1v) is 5.20. The minimum Gasteiger partial charge on any atom is -0.480 e. The molecule has 1 aromatic rings. The van der Waals surface area contributed by atoms with E-state index in [1.807, 2.05) is 6.07 Å². The molecule has 0 aliphatic carbocycles. The third-order valence-electron chi connectivity index (χ3n) is 2.07. The number of carbonyl (C=O) groups is 2. The lowest BCUT2D eigenvalue weighted by Gasteiger charge is -2.21. The van der Waals surface area contributed by atoms with Crippen molar-refractivity contribution in [3.8, 4) is 6.07 Å². The lowest BCUT2D eigenvalue weighted by molar-refractivity contribution is -0.136. The van der Waals surface area contributed by atoms with E-state index in [1.165, 1.54) is 18.2 Å². The van der Waals surface area contributed by atoms with Crippen molar-refractivity contribution in [3.63, 3.8) is 0 Å². The van der Waals surface area contributed by atoms with Crippen LogP contribution in [0.25, 0.3) is 0 Å². The highest BCUT2D eigenvalue weighted by Gasteiger charge is 2.17. The van der Waals surface area contributed by atoms with Gasteiger partial charge in [-0.1, -0.05) is 11.6 Å². The summed E-state index contributed by atoms with van der Waals surface area (Å²) in [4.78, 5) is 22.5. The number of carboxylic acid groups (broad SMARTS) is 2. The first-order chi connectivity index (χ1) is 8.43. The molecule has 94 valence electrons. The van der Waals surface area contributed by atoms with E-state index in [-0.39, 0.29) is 16.3 Å². The fraction of sp³-hybridized carbons (Fsp3) is 0.182. The number of benzene rings is 1. The van der Waals surface area contributed by atoms with Gasteiger partial charge < -0.3 is 15.1 Å². The van der Waals surface area contributed by atoms with E-state index in [0.29, 0.717) is 0 Å². The van der Waals surface area contributed by atoms with Gasteiger partial charge >= 0.3 is 11.9 Å². The van der Waals surface area contributed by atoms with Crippen molar-refractivity contribution in [2.24, 2.45) is 0 Å². The van der Waals surface area contributed by atoms with Crippen LogP contribution in [-0.4, -0.2) is 35.2 Å². The lowest BCUT2D eigenvalue weighted by atomic mass is 10.2. The summed E-state index contributed by atoms with van der Waals surface area (Å²) in [7, 11) is 0. The number of hydrogen-bond donors (Lipinski definition) is 2. The number of hydrogen-bond acceptors (Lipinski definition) is 4. The van der Waals surface area contributed by atoms with Gasteiger partial charge in [0.05, 0.1) is 22.3 Å². The van der Waals surface area contributed by atoms with Crippen molar-refractivity contribution in [3.05, 3.63) is 28.8 Å². The summed E-state index contributed by atoms with van der Waals surface area (Å²) in [6.07, 6.45) is 0. The second-order valence-electron chi connectivity index (χ2n) is 3.42. The number of carboxylic acids is 2. The van der Waals surface area contributed by atoms with E-state index in [1.54, 1.807) is 0 Å². The number of aliphatic carboxylic acids is 2. The zero-order valence-electron chi connectivity index (χ0n) is 9.13. The molecule has 0 atom stereocenters. The van der Waals surface area contributed by atoms with Crippen molar-refractivity contribution in [1.82, 2.24) is 0 Å². The number of anilines is 1. The number of nitrogens with zero attached hydrogens (tertiary/aromatic N) is 2. The van der Waals surface area contributed by atoms with E-state index < -0.39 is 25.0 Å². The Morgan fingerprint density at radius 1 is 1.28 bits per heavy atom. The molecular formula is C11H9ClN2O4. The zero-order valence-corrected chi connectivity index (χ0v) is 9.89. The summed E-state index contributed by atoms with van der Waals surface area (Å²) in [6.45, 7) is -1.03. The molecule has 18 heavy (non-hydrogen) atoms. The molecule has 0 saturated heterocycles. The fourth-order valence-corrected chi connectivity index (χ4v) is 1.61. The number of halogens is 1. The monoisotopic (exact) mass is 268 g/mol. The molecule has 0 aromatic heterocycles. The first-order valence-electron chi connectivity index (χ1n) is 4.82. The Bertz CT molecular complexity index is 508. The van der Waals surface area contributed by atoms with Gasteiger partial charge in [0.2, 0.25) is 0 Å². The van der Waals surface area contributed by atoms with E-state index >= 15 is 0 Å². The van der Waals surface area contributed by atoms with Gasteiger partial charge in [-0.05, 0) is 18.2 Å². The Labute approximate surface area is 108 Å². The van der Waals surface area contributed by atoms with Crippen molar-refractivity contribution in [2.75, 3.05) is 18.0 Å². The second kappa shape index (κ2) is 5.89. The third-order valence-corrected chi connectivity index (χ3v) is 2.39. The van der Waals surface area contributed by atoms with Crippen LogP contribution >= 0.6 is 11.6 Å². The van der Waals surface area contributed by atoms with Gasteiger partial charge in [0, 0.05) is 0 Å². The molecule has 0 bridgehead atoms. The highest BCUT2D eigenvalue weighted by molar-refractivity contribution is 6.33. The van der Waals surface area contributed by atoms with Crippen molar-refractivity contribution in [1.29, 1.82) is 5.26 Å². The van der Waals surface area contributed by atoms with Gasteiger partial charge in [-0.2, -0.15) is 5.26 Å². The highest BCUT2D eigenvalue weighted by atomic mass is 35.5. The average molecular weight is 269 g/mol. The molecule has 2 N–H and O–H groups in total. The van der Waals surface area contributed by atoms with Crippen LogP contribution in [0.15, 0.2) is 18.2 Å². The fourth-order valence-electron chi connectivity index (χ4n) is 1.38. The zero-order chi connectivity index (χ0) is 13.7. The molecule has 0 amide bonds. The molecule has 0 heterocycles.